The molecule has 1 aromatic rings. The number of benzene rings is 1. The van der Waals surface area contributed by atoms with Gasteiger partial charge < -0.3 is 10.1 Å². The fraction of sp³-hybridized carbons (Fsp3) is 0.200. The maximum atomic E-state index is 11.9. The van der Waals surface area contributed by atoms with Crippen molar-refractivity contribution in [2.45, 2.75) is 6.36 Å². The molecule has 2 nitrogen and oxygen atoms in total. The van der Waals surface area contributed by atoms with Gasteiger partial charge in [-0.2, -0.15) is 0 Å². The van der Waals surface area contributed by atoms with Gasteiger partial charge in [0.15, 0.2) is 0 Å². The van der Waals surface area contributed by atoms with E-state index < -0.39 is 6.36 Å². The average Bonchev–Trinajstić information content (AvgIpc) is 2.12. The van der Waals surface area contributed by atoms with E-state index in [1.165, 1.54) is 18.2 Å². The van der Waals surface area contributed by atoms with Gasteiger partial charge in [-0.05, 0) is 12.1 Å². The third kappa shape index (κ3) is 5.06. The molecule has 1 rings (SSSR count). The Labute approximate surface area is 99.2 Å². The number of hydrogen-bond donors (Lipinski definition) is 1. The Morgan fingerprint density at radius 3 is 2.69 bits per heavy atom. The van der Waals surface area contributed by atoms with Gasteiger partial charge in [0.05, 0.1) is 0 Å². The number of nitrogens with one attached hydrogen (secondary N) is 1. The first-order valence-electron chi connectivity index (χ1n) is 4.30. The van der Waals surface area contributed by atoms with Gasteiger partial charge in [-0.3, -0.25) is 0 Å². The lowest BCUT2D eigenvalue weighted by Gasteiger charge is -2.10. The summed E-state index contributed by atoms with van der Waals surface area (Å²) in [6, 6.07) is 5.62. The first-order valence-corrected chi connectivity index (χ1v) is 5.09. The van der Waals surface area contributed by atoms with Crippen molar-refractivity contribution in [2.75, 3.05) is 11.9 Å². The lowest BCUT2D eigenvalue weighted by atomic mass is 10.3. The second kappa shape index (κ2) is 5.25. The van der Waals surface area contributed by atoms with Crippen LogP contribution in [0.25, 0.3) is 0 Å². The van der Waals surface area contributed by atoms with Crippen LogP contribution in [0.5, 0.6) is 5.75 Å². The summed E-state index contributed by atoms with van der Waals surface area (Å²) in [6.07, 6.45) is -4.67. The van der Waals surface area contributed by atoms with E-state index in [2.05, 4.69) is 32.6 Å². The van der Waals surface area contributed by atoms with Crippen LogP contribution in [-0.2, 0) is 0 Å². The zero-order valence-electron chi connectivity index (χ0n) is 8.14. The Bertz CT molecular complexity index is 379. The molecule has 0 heterocycles. The zero-order chi connectivity index (χ0) is 12.2. The largest absolute Gasteiger partial charge is 0.573 e. The summed E-state index contributed by atoms with van der Waals surface area (Å²) in [5, 5.41) is 2.88. The summed E-state index contributed by atoms with van der Waals surface area (Å²) in [7, 11) is 0. The monoisotopic (exact) mass is 295 g/mol. The maximum Gasteiger partial charge on any atom is 0.573 e. The first-order chi connectivity index (χ1) is 7.37. The van der Waals surface area contributed by atoms with Crippen molar-refractivity contribution in [2.24, 2.45) is 0 Å². The molecule has 6 heteroatoms. The predicted molar refractivity (Wildman–Crippen MR) is 59.7 cm³/mol. The highest BCUT2D eigenvalue weighted by Crippen LogP contribution is 2.25. The van der Waals surface area contributed by atoms with Crippen molar-refractivity contribution in [3.8, 4) is 5.75 Å². The van der Waals surface area contributed by atoms with Crippen LogP contribution in [0.3, 0.4) is 0 Å². The molecule has 0 saturated heterocycles. The van der Waals surface area contributed by atoms with Gasteiger partial charge in [-0.25, -0.2) is 0 Å². The predicted octanol–water partition coefficient (Wildman–Crippen LogP) is 3.91. The minimum absolute atomic E-state index is 0.252. The van der Waals surface area contributed by atoms with E-state index in [9.17, 15) is 13.2 Å². The van der Waals surface area contributed by atoms with Crippen molar-refractivity contribution in [3.05, 3.63) is 35.3 Å². The van der Waals surface area contributed by atoms with Crippen molar-refractivity contribution in [1.29, 1.82) is 0 Å². The molecule has 0 bridgehead atoms. The second-order valence-electron chi connectivity index (χ2n) is 2.95. The van der Waals surface area contributed by atoms with Crippen molar-refractivity contribution >= 4 is 21.6 Å². The number of anilines is 1. The highest BCUT2D eigenvalue weighted by Gasteiger charge is 2.31. The van der Waals surface area contributed by atoms with Crippen molar-refractivity contribution in [1.82, 2.24) is 0 Å². The molecule has 0 saturated carbocycles. The van der Waals surface area contributed by atoms with Crippen LogP contribution in [0.1, 0.15) is 0 Å². The van der Waals surface area contributed by atoms with Crippen LogP contribution in [0.2, 0.25) is 0 Å². The highest BCUT2D eigenvalue weighted by atomic mass is 79.9. The van der Waals surface area contributed by atoms with Crippen molar-refractivity contribution in [3.63, 3.8) is 0 Å². The lowest BCUT2D eigenvalue weighted by molar-refractivity contribution is -0.274. The lowest BCUT2D eigenvalue weighted by Crippen LogP contribution is -2.17. The molecule has 0 aliphatic rings. The summed E-state index contributed by atoms with van der Waals surface area (Å²) in [5.74, 6) is -0.252. The summed E-state index contributed by atoms with van der Waals surface area (Å²) < 4.78 is 40.2. The smallest absolute Gasteiger partial charge is 0.406 e. The minimum atomic E-state index is -4.67. The molecule has 0 aliphatic heterocycles. The van der Waals surface area contributed by atoms with Crippen LogP contribution in [-0.4, -0.2) is 12.9 Å². The van der Waals surface area contributed by atoms with Gasteiger partial charge in [0, 0.05) is 22.8 Å². The Balaban J connectivity index is 2.67. The average molecular weight is 296 g/mol. The third-order valence-corrected chi connectivity index (χ3v) is 1.83. The van der Waals surface area contributed by atoms with Crippen LogP contribution < -0.4 is 10.1 Å². The van der Waals surface area contributed by atoms with E-state index in [0.717, 1.165) is 0 Å². The van der Waals surface area contributed by atoms with Crippen molar-refractivity contribution < 1.29 is 17.9 Å². The molecule has 0 aromatic heterocycles. The van der Waals surface area contributed by atoms with Gasteiger partial charge in [0.25, 0.3) is 0 Å². The molecule has 0 unspecified atom stereocenters. The zero-order valence-corrected chi connectivity index (χ0v) is 9.73. The Morgan fingerprint density at radius 2 is 2.12 bits per heavy atom. The normalized spacial score (nSPS) is 11.0. The maximum absolute atomic E-state index is 11.9. The van der Waals surface area contributed by atoms with Gasteiger partial charge in [0.1, 0.15) is 5.75 Å². The Morgan fingerprint density at radius 1 is 1.44 bits per heavy atom. The number of halogens is 4. The molecule has 1 aromatic carbocycles. The summed E-state index contributed by atoms with van der Waals surface area (Å²) >= 11 is 3.13. The van der Waals surface area contributed by atoms with E-state index in [-0.39, 0.29) is 5.75 Å². The Hall–Kier alpha value is -1.17. The Kier molecular flexibility index (Phi) is 4.23. The third-order valence-electron chi connectivity index (χ3n) is 1.55. The summed E-state index contributed by atoms with van der Waals surface area (Å²) in [5.41, 5.74) is 0.530. The molecular weight excluding hydrogens is 287 g/mol. The van der Waals surface area contributed by atoms with E-state index in [1.54, 1.807) is 6.07 Å². The number of ether oxygens (including phenoxy) is 1. The van der Waals surface area contributed by atoms with Crippen LogP contribution in [0.4, 0.5) is 18.9 Å². The highest BCUT2D eigenvalue weighted by molar-refractivity contribution is 9.11. The van der Waals surface area contributed by atoms with Crippen LogP contribution in [0.15, 0.2) is 35.3 Å². The van der Waals surface area contributed by atoms with Gasteiger partial charge in [-0.15, -0.1) is 13.2 Å². The van der Waals surface area contributed by atoms with Gasteiger partial charge >= 0.3 is 6.36 Å². The molecule has 0 atom stereocenters. The summed E-state index contributed by atoms with van der Waals surface area (Å²) in [6.45, 7) is 4.02. The SMILES string of the molecule is C=C(Br)CNc1cccc(OC(F)(F)F)c1. The fourth-order valence-corrected chi connectivity index (χ4v) is 1.14. The molecule has 0 radical (unpaired) electrons. The van der Waals surface area contributed by atoms with E-state index in [0.29, 0.717) is 16.7 Å². The van der Waals surface area contributed by atoms with E-state index >= 15 is 0 Å². The topological polar surface area (TPSA) is 21.3 Å². The van der Waals surface area contributed by atoms with Gasteiger partial charge in [-0.1, -0.05) is 28.6 Å². The molecule has 1 N–H and O–H groups in total. The number of alkyl halides is 3. The van der Waals surface area contributed by atoms with E-state index in [4.69, 9.17) is 0 Å². The molecule has 16 heavy (non-hydrogen) atoms. The quantitative estimate of drug-likeness (QED) is 0.909. The second-order valence-corrected chi connectivity index (χ2v) is 4.07. The molecule has 0 fully saturated rings. The fourth-order valence-electron chi connectivity index (χ4n) is 1.00. The molecular formula is C10H9BrF3NO. The molecule has 88 valence electrons. The first kappa shape index (κ1) is 12.9. The molecule has 0 spiro atoms. The number of rotatable bonds is 4. The molecule has 0 aliphatic carbocycles. The standard InChI is InChI=1S/C10H9BrF3NO/c1-7(11)6-15-8-3-2-4-9(5-8)16-10(12,13)14/h2-5,15H,1,6H2. The number of hydrogen-bond acceptors (Lipinski definition) is 2. The molecule has 0 amide bonds. The summed E-state index contributed by atoms with van der Waals surface area (Å²) in [4.78, 5) is 0. The van der Waals surface area contributed by atoms with Crippen LogP contribution in [0, 0.1) is 0 Å². The van der Waals surface area contributed by atoms with E-state index in [1.807, 2.05) is 0 Å². The van der Waals surface area contributed by atoms with Gasteiger partial charge in [0.2, 0.25) is 0 Å². The van der Waals surface area contributed by atoms with Crippen LogP contribution >= 0.6 is 15.9 Å². The minimum Gasteiger partial charge on any atom is -0.406 e.